The highest BCUT2D eigenvalue weighted by Gasteiger charge is 2.23. The monoisotopic (exact) mass is 1290 g/mol. The molecule has 4 N–H and O–H groups in total. The number of benzene rings is 8. The van der Waals surface area contributed by atoms with E-state index in [9.17, 15) is 20.4 Å². The molecule has 9 rings (SSSR count). The third kappa shape index (κ3) is 22.8. The highest BCUT2D eigenvalue weighted by atomic mass is 16.3. The second-order valence-electron chi connectivity index (χ2n) is 26.7. The zero-order chi connectivity index (χ0) is 67.1. The molecule has 504 valence electrons. The number of aromatic hydroxyl groups is 4. The third-order valence-electron chi connectivity index (χ3n) is 18.7. The molecule has 1 aliphatic rings. The second kappa shape index (κ2) is 38.8. The van der Waals surface area contributed by atoms with Crippen molar-refractivity contribution in [1.82, 2.24) is 0 Å². The van der Waals surface area contributed by atoms with Crippen molar-refractivity contribution >= 4 is 45.5 Å². The summed E-state index contributed by atoms with van der Waals surface area (Å²) < 4.78 is 0. The Bertz CT molecular complexity index is 3230. The first kappa shape index (κ1) is 71.6. The summed E-state index contributed by atoms with van der Waals surface area (Å²) in [6.45, 7) is 8.98. The van der Waals surface area contributed by atoms with E-state index in [1.807, 2.05) is 48.5 Å². The first-order valence-corrected chi connectivity index (χ1v) is 36.5. The van der Waals surface area contributed by atoms with Gasteiger partial charge in [0.2, 0.25) is 0 Å². The standard InChI is InChI=1S/C84H104N8O4/c1-5-9-13-17-21-25-29-61-33-41-73(42-34-61)85-89-77-53-65-49-67-55-78(90-86-74-43-35-62(36-44-74)30-26-22-18-14-10-6-2)57-69(82(67)94)51-71-59-80(92-88-76-47-39-64(40-48-76)32-28-24-20-16-12-8-4)60-72(84(71)96)52-70-58-79(56-68(83(70)95)50-66(54-77)81(65)93)91-87-75-45-37-63(38-46-75)31-27-23-19-15-11-7-3/h33-48,53-60,93-96H,5-32,49-52H2,1-4H3. The van der Waals surface area contributed by atoms with Gasteiger partial charge < -0.3 is 20.4 Å². The number of aryl methyl sites for hydroxylation is 4. The van der Waals surface area contributed by atoms with E-state index in [0.717, 1.165) is 51.4 Å². The number of phenols is 4. The Morgan fingerprint density at radius 3 is 0.542 bits per heavy atom. The molecule has 12 nitrogen and oxygen atoms in total. The van der Waals surface area contributed by atoms with Crippen LogP contribution in [0.15, 0.2) is 187 Å². The van der Waals surface area contributed by atoms with Gasteiger partial charge in [-0.2, -0.15) is 40.9 Å². The van der Waals surface area contributed by atoms with Gasteiger partial charge in [0.05, 0.1) is 45.5 Å². The van der Waals surface area contributed by atoms with Crippen molar-refractivity contribution in [3.63, 3.8) is 0 Å². The fourth-order valence-corrected chi connectivity index (χ4v) is 12.9. The van der Waals surface area contributed by atoms with Crippen molar-refractivity contribution < 1.29 is 20.4 Å². The van der Waals surface area contributed by atoms with E-state index in [2.05, 4.69) is 76.2 Å². The number of unbranched alkanes of at least 4 members (excludes halogenated alkanes) is 20. The van der Waals surface area contributed by atoms with Crippen LogP contribution < -0.4 is 0 Å². The van der Waals surface area contributed by atoms with Gasteiger partial charge in [-0.05, 0) is 171 Å². The maximum absolute atomic E-state index is 12.6. The molecule has 0 amide bonds. The molecule has 0 unspecified atom stereocenters. The fourth-order valence-electron chi connectivity index (χ4n) is 12.9. The molecule has 0 saturated carbocycles. The van der Waals surface area contributed by atoms with Crippen LogP contribution in [0.25, 0.3) is 0 Å². The quantitative estimate of drug-likeness (QED) is 0.0226. The molecule has 0 aliphatic heterocycles. The van der Waals surface area contributed by atoms with Crippen LogP contribution in [0, 0.1) is 0 Å². The normalized spacial score (nSPS) is 12.5. The van der Waals surface area contributed by atoms with E-state index < -0.39 is 0 Å². The maximum Gasteiger partial charge on any atom is 0.122 e. The predicted molar refractivity (Wildman–Crippen MR) is 394 cm³/mol. The molecule has 12 heteroatoms. The van der Waals surface area contributed by atoms with Gasteiger partial charge in [-0.25, -0.2) is 0 Å². The highest BCUT2D eigenvalue weighted by Crippen LogP contribution is 2.43. The Balaban J connectivity index is 1.10. The van der Waals surface area contributed by atoms with E-state index in [1.165, 1.54) is 151 Å². The molecule has 8 aromatic rings. The summed E-state index contributed by atoms with van der Waals surface area (Å²) in [6, 6.07) is 47.2. The van der Waals surface area contributed by atoms with Gasteiger partial charge in [0, 0.05) is 70.2 Å². The summed E-state index contributed by atoms with van der Waals surface area (Å²) in [6.07, 6.45) is 34.0. The van der Waals surface area contributed by atoms with E-state index >= 15 is 0 Å². The van der Waals surface area contributed by atoms with Crippen molar-refractivity contribution in [2.24, 2.45) is 40.9 Å². The van der Waals surface area contributed by atoms with Crippen molar-refractivity contribution in [3.05, 3.63) is 212 Å². The van der Waals surface area contributed by atoms with E-state index in [1.54, 1.807) is 48.5 Å². The van der Waals surface area contributed by atoms with E-state index in [0.29, 0.717) is 90.0 Å². The first-order valence-electron chi connectivity index (χ1n) is 36.5. The molecular weight excluding hydrogens is 1180 g/mol. The number of fused-ring (bicyclic) bond motifs is 8. The van der Waals surface area contributed by atoms with Crippen LogP contribution in [0.4, 0.5) is 45.5 Å². The van der Waals surface area contributed by atoms with Gasteiger partial charge in [-0.15, -0.1) is 0 Å². The van der Waals surface area contributed by atoms with E-state index in [4.69, 9.17) is 40.9 Å². The van der Waals surface area contributed by atoms with Crippen LogP contribution >= 0.6 is 0 Å². The molecule has 0 heterocycles. The summed E-state index contributed by atoms with van der Waals surface area (Å²) in [7, 11) is 0. The van der Waals surface area contributed by atoms with Crippen LogP contribution in [0.3, 0.4) is 0 Å². The van der Waals surface area contributed by atoms with Gasteiger partial charge in [-0.3, -0.25) is 0 Å². The minimum Gasteiger partial charge on any atom is -0.507 e. The van der Waals surface area contributed by atoms with Crippen molar-refractivity contribution in [2.75, 3.05) is 0 Å². The molecule has 0 fully saturated rings. The number of hydrogen-bond acceptors (Lipinski definition) is 12. The topological polar surface area (TPSA) is 180 Å². The van der Waals surface area contributed by atoms with Crippen molar-refractivity contribution in [2.45, 2.75) is 233 Å². The van der Waals surface area contributed by atoms with Crippen LogP contribution in [0.5, 0.6) is 23.0 Å². The Morgan fingerprint density at radius 1 is 0.208 bits per heavy atom. The Labute approximate surface area is 572 Å². The Kier molecular flexibility index (Phi) is 29.0. The molecule has 96 heavy (non-hydrogen) atoms. The van der Waals surface area contributed by atoms with Gasteiger partial charge in [0.1, 0.15) is 23.0 Å². The lowest BCUT2D eigenvalue weighted by molar-refractivity contribution is 0.450. The maximum atomic E-state index is 12.6. The Hall–Kier alpha value is -8.64. The smallest absolute Gasteiger partial charge is 0.122 e. The highest BCUT2D eigenvalue weighted by molar-refractivity contribution is 5.64. The number of nitrogens with zero attached hydrogens (tertiary/aromatic N) is 8. The molecule has 0 spiro atoms. The summed E-state index contributed by atoms with van der Waals surface area (Å²) in [5, 5.41) is 88.4. The molecule has 0 atom stereocenters. The van der Waals surface area contributed by atoms with Gasteiger partial charge in [0.15, 0.2) is 0 Å². The van der Waals surface area contributed by atoms with E-state index in [-0.39, 0.29) is 48.7 Å². The molecule has 8 bridgehead atoms. The molecule has 1 aliphatic carbocycles. The average molecular weight is 1290 g/mol. The zero-order valence-electron chi connectivity index (χ0n) is 57.9. The number of azo groups is 4. The van der Waals surface area contributed by atoms with Gasteiger partial charge >= 0.3 is 0 Å². The average Bonchev–Trinajstić information content (AvgIpc) is 0.791. The van der Waals surface area contributed by atoms with Crippen LogP contribution in [-0.4, -0.2) is 20.4 Å². The van der Waals surface area contributed by atoms with Crippen LogP contribution in [0.2, 0.25) is 0 Å². The van der Waals surface area contributed by atoms with Crippen molar-refractivity contribution in [3.8, 4) is 23.0 Å². The SMILES string of the molecule is CCCCCCCCc1ccc(N=Nc2cc3c(O)c(c2)Cc2cc(N=Nc4ccc(CCCCCCCC)cc4)cc(c2O)Cc2cc(N=Nc4ccc(CCCCCCCC)cc4)cc(c2O)Cc2cc(N=Nc4ccc(CCCCCCCC)cc4)cc(c2O)C3)cc1. The molecular formula is C84H104N8O4. The number of phenolic OH excluding ortho intramolecular Hbond substituents is 4. The molecule has 0 aromatic heterocycles. The second-order valence-corrected chi connectivity index (χ2v) is 26.7. The lowest BCUT2D eigenvalue weighted by atomic mass is 9.90. The molecule has 0 saturated heterocycles. The van der Waals surface area contributed by atoms with Crippen molar-refractivity contribution in [1.29, 1.82) is 0 Å². The predicted octanol–water partition coefficient (Wildman–Crippen LogP) is 26.5. The lowest BCUT2D eigenvalue weighted by Gasteiger charge is -2.18. The largest absolute Gasteiger partial charge is 0.507 e. The van der Waals surface area contributed by atoms with Gasteiger partial charge in [-0.1, -0.05) is 205 Å². The lowest BCUT2D eigenvalue weighted by Crippen LogP contribution is -2.01. The number of rotatable bonds is 36. The summed E-state index contributed by atoms with van der Waals surface area (Å²) in [5.41, 5.74) is 13.5. The van der Waals surface area contributed by atoms with Crippen LogP contribution in [-0.2, 0) is 51.4 Å². The molecule has 8 aromatic carbocycles. The summed E-state index contributed by atoms with van der Waals surface area (Å²) in [5.74, 6) is -0.0798. The van der Waals surface area contributed by atoms with Crippen LogP contribution in [0.1, 0.15) is 249 Å². The number of hydrogen-bond donors (Lipinski definition) is 4. The minimum absolute atomic E-state index is 0.0199. The van der Waals surface area contributed by atoms with Gasteiger partial charge in [0.25, 0.3) is 0 Å². The first-order chi connectivity index (χ1) is 47.0. The summed E-state index contributed by atoms with van der Waals surface area (Å²) >= 11 is 0. The summed E-state index contributed by atoms with van der Waals surface area (Å²) in [4.78, 5) is 0. The fraction of sp³-hybridized carbons (Fsp3) is 0.429. The molecule has 0 radical (unpaired) electrons. The Morgan fingerprint density at radius 2 is 0.365 bits per heavy atom. The minimum atomic E-state index is -0.0199. The zero-order valence-corrected chi connectivity index (χ0v) is 57.9. The third-order valence-corrected chi connectivity index (χ3v) is 18.7.